The lowest BCUT2D eigenvalue weighted by atomic mass is 10.1. The van der Waals surface area contributed by atoms with Crippen molar-refractivity contribution in [1.82, 2.24) is 19.7 Å². The third-order valence-corrected chi connectivity index (χ3v) is 4.67. The van der Waals surface area contributed by atoms with E-state index >= 15 is 0 Å². The van der Waals surface area contributed by atoms with Gasteiger partial charge < -0.3 is 14.5 Å². The zero-order chi connectivity index (χ0) is 22.1. The number of nitrogens with zero attached hydrogens (tertiary/aromatic N) is 3. The Morgan fingerprint density at radius 3 is 2.52 bits per heavy atom. The van der Waals surface area contributed by atoms with Crippen LogP contribution in [-0.2, 0) is 23.1 Å². The van der Waals surface area contributed by atoms with Gasteiger partial charge in [-0.3, -0.25) is 9.59 Å². The summed E-state index contributed by atoms with van der Waals surface area (Å²) in [6, 6.07) is 10.9. The number of aromatic amines is 1. The first-order chi connectivity index (χ1) is 14.9. The number of esters is 2. The fraction of sp³-hybridized carbons (Fsp3) is 0.143. The van der Waals surface area contributed by atoms with Gasteiger partial charge in [0.15, 0.2) is 5.69 Å². The highest BCUT2D eigenvalue weighted by molar-refractivity contribution is 6.02. The molecule has 156 valence electrons. The molecular weight excluding hydrogens is 404 g/mol. The smallest absolute Gasteiger partial charge is 0.359 e. The quantitative estimate of drug-likeness (QED) is 0.489. The van der Waals surface area contributed by atoms with E-state index in [2.05, 4.69) is 19.8 Å². The second kappa shape index (κ2) is 7.82. The van der Waals surface area contributed by atoms with Gasteiger partial charge in [0, 0.05) is 12.4 Å². The number of nitrogens with one attached hydrogen (secondary N) is 1. The molecule has 0 saturated carbocycles. The molecule has 2 heterocycles. The zero-order valence-corrected chi connectivity index (χ0v) is 16.5. The first-order valence-electron chi connectivity index (χ1n) is 9.13. The average Bonchev–Trinajstić information content (AvgIpc) is 2.79. The van der Waals surface area contributed by atoms with E-state index in [0.717, 1.165) is 4.68 Å². The molecule has 4 rings (SSSR count). The molecular formula is C21H16N4O6. The molecule has 0 amide bonds. The minimum absolute atomic E-state index is 0.0335. The molecule has 1 N–H and O–H groups in total. The first kappa shape index (κ1) is 20.0. The third-order valence-electron chi connectivity index (χ3n) is 4.67. The van der Waals surface area contributed by atoms with E-state index in [0.29, 0.717) is 10.8 Å². The summed E-state index contributed by atoms with van der Waals surface area (Å²) in [5.74, 6) is -1.26. The molecule has 4 aromatic rings. The molecule has 0 bridgehead atoms. The minimum atomic E-state index is -0.780. The van der Waals surface area contributed by atoms with Gasteiger partial charge in [0.1, 0.15) is 12.4 Å². The fourth-order valence-electron chi connectivity index (χ4n) is 3.15. The second-order valence-corrected chi connectivity index (χ2v) is 6.64. The lowest BCUT2D eigenvalue weighted by Crippen LogP contribution is -2.24. The topological polar surface area (TPSA) is 133 Å². The van der Waals surface area contributed by atoms with Crippen LogP contribution >= 0.6 is 0 Å². The number of fused-ring (bicyclic) bond motifs is 2. The van der Waals surface area contributed by atoms with Gasteiger partial charge in [-0.15, -0.1) is 0 Å². The summed E-state index contributed by atoms with van der Waals surface area (Å²) < 4.78 is 11.0. The van der Waals surface area contributed by atoms with Crippen LogP contribution < -0.4 is 11.1 Å². The van der Waals surface area contributed by atoms with Gasteiger partial charge in [-0.1, -0.05) is 18.2 Å². The van der Waals surface area contributed by atoms with Gasteiger partial charge in [-0.2, -0.15) is 5.10 Å². The van der Waals surface area contributed by atoms with Crippen molar-refractivity contribution in [2.45, 2.75) is 6.61 Å². The Hall–Kier alpha value is -4.34. The van der Waals surface area contributed by atoms with Crippen LogP contribution in [0.15, 0.2) is 52.1 Å². The number of aryl methyl sites for hydroxylation is 1. The summed E-state index contributed by atoms with van der Waals surface area (Å²) in [6.07, 6.45) is 0. The Labute approximate surface area is 174 Å². The van der Waals surface area contributed by atoms with Crippen molar-refractivity contribution < 1.29 is 19.1 Å². The number of aromatic nitrogens is 4. The summed E-state index contributed by atoms with van der Waals surface area (Å²) in [7, 11) is 2.69. The van der Waals surface area contributed by atoms with Crippen LogP contribution in [0.1, 0.15) is 26.7 Å². The van der Waals surface area contributed by atoms with Crippen LogP contribution in [-0.4, -0.2) is 38.8 Å². The van der Waals surface area contributed by atoms with Crippen LogP contribution in [0.25, 0.3) is 21.7 Å². The van der Waals surface area contributed by atoms with Gasteiger partial charge in [-0.25, -0.2) is 19.3 Å². The van der Waals surface area contributed by atoms with Crippen LogP contribution in [0, 0.1) is 0 Å². The maximum Gasteiger partial charge on any atom is 0.359 e. The zero-order valence-electron chi connectivity index (χ0n) is 16.5. The molecule has 0 spiro atoms. The van der Waals surface area contributed by atoms with Gasteiger partial charge >= 0.3 is 11.9 Å². The molecule has 0 fully saturated rings. The lowest BCUT2D eigenvalue weighted by Gasteiger charge is -2.09. The van der Waals surface area contributed by atoms with Crippen LogP contribution in [0.2, 0.25) is 0 Å². The Kier molecular flexibility index (Phi) is 5.04. The summed E-state index contributed by atoms with van der Waals surface area (Å²) in [4.78, 5) is 55.7. The lowest BCUT2D eigenvalue weighted by molar-refractivity contribution is 0.0455. The van der Waals surface area contributed by atoms with Crippen LogP contribution in [0.5, 0.6) is 0 Å². The largest absolute Gasteiger partial charge is 0.465 e. The number of carbonyl (C=O) groups is 2. The van der Waals surface area contributed by atoms with E-state index in [-0.39, 0.29) is 40.2 Å². The Morgan fingerprint density at radius 2 is 1.77 bits per heavy atom. The molecule has 31 heavy (non-hydrogen) atoms. The minimum Gasteiger partial charge on any atom is -0.465 e. The maximum atomic E-state index is 12.6. The van der Waals surface area contributed by atoms with E-state index in [1.54, 1.807) is 24.3 Å². The molecule has 0 unspecified atom stereocenters. The van der Waals surface area contributed by atoms with Crippen molar-refractivity contribution in [2.75, 3.05) is 7.11 Å². The molecule has 2 aromatic carbocycles. The number of rotatable bonds is 4. The summed E-state index contributed by atoms with van der Waals surface area (Å²) >= 11 is 0. The Morgan fingerprint density at radius 1 is 1.03 bits per heavy atom. The van der Waals surface area contributed by atoms with Gasteiger partial charge in [0.25, 0.3) is 11.1 Å². The fourth-order valence-corrected chi connectivity index (χ4v) is 3.15. The number of H-pyrrole nitrogens is 1. The van der Waals surface area contributed by atoms with Crippen molar-refractivity contribution in [2.24, 2.45) is 7.05 Å². The van der Waals surface area contributed by atoms with E-state index in [1.165, 1.54) is 32.4 Å². The molecule has 0 aliphatic heterocycles. The monoisotopic (exact) mass is 420 g/mol. The maximum absolute atomic E-state index is 12.6. The van der Waals surface area contributed by atoms with Crippen LogP contribution in [0.3, 0.4) is 0 Å². The van der Waals surface area contributed by atoms with Crippen molar-refractivity contribution >= 4 is 33.6 Å². The molecule has 10 heteroatoms. The highest BCUT2D eigenvalue weighted by atomic mass is 16.5. The molecule has 2 aromatic heterocycles. The van der Waals surface area contributed by atoms with E-state index < -0.39 is 17.5 Å². The molecule has 0 aliphatic carbocycles. The second-order valence-electron chi connectivity index (χ2n) is 6.64. The third kappa shape index (κ3) is 3.66. The number of hydrogen-bond acceptors (Lipinski definition) is 8. The van der Waals surface area contributed by atoms with E-state index in [4.69, 9.17) is 4.74 Å². The predicted octanol–water partition coefficient (Wildman–Crippen LogP) is 1.31. The molecule has 0 radical (unpaired) electrons. The van der Waals surface area contributed by atoms with Crippen molar-refractivity contribution in [3.05, 3.63) is 80.3 Å². The predicted molar refractivity (Wildman–Crippen MR) is 110 cm³/mol. The normalized spacial score (nSPS) is 10.9. The van der Waals surface area contributed by atoms with E-state index in [1.807, 2.05) is 0 Å². The van der Waals surface area contributed by atoms with Gasteiger partial charge in [0.2, 0.25) is 0 Å². The van der Waals surface area contributed by atoms with Gasteiger partial charge in [-0.05, 0) is 24.3 Å². The molecule has 0 aliphatic rings. The number of carbonyl (C=O) groups excluding carboxylic acids is 2. The molecule has 10 nitrogen and oxygen atoms in total. The Balaban J connectivity index is 1.65. The number of ether oxygens (including phenoxy) is 2. The number of methoxy groups -OCH3 is 1. The highest BCUT2D eigenvalue weighted by Crippen LogP contribution is 2.15. The van der Waals surface area contributed by atoms with E-state index in [9.17, 15) is 19.2 Å². The summed E-state index contributed by atoms with van der Waals surface area (Å²) in [5.41, 5.74) is -0.332. The standard InChI is InChI=1S/C21H16N4O6/c1-25-19(27)13-6-4-3-5-12(13)17(24-25)21(29)31-10-16-22-15-9-11(20(28)30-2)7-8-14(15)18(26)23-16/h3-9H,10H2,1-2H3,(H,22,23,26). The summed E-state index contributed by atoms with van der Waals surface area (Å²) in [6.45, 7) is -0.342. The van der Waals surface area contributed by atoms with Crippen LogP contribution in [0.4, 0.5) is 0 Å². The van der Waals surface area contributed by atoms with Gasteiger partial charge in [0.05, 0.1) is 29.0 Å². The Bertz CT molecular complexity index is 1470. The van der Waals surface area contributed by atoms with Crippen molar-refractivity contribution in [3.8, 4) is 0 Å². The molecule has 0 atom stereocenters. The molecule has 0 saturated heterocycles. The van der Waals surface area contributed by atoms with Crippen molar-refractivity contribution in [3.63, 3.8) is 0 Å². The highest BCUT2D eigenvalue weighted by Gasteiger charge is 2.18. The number of hydrogen-bond donors (Lipinski definition) is 1. The first-order valence-corrected chi connectivity index (χ1v) is 9.13. The number of benzene rings is 2. The SMILES string of the molecule is COC(=O)c1ccc2c(=O)[nH]c(COC(=O)c3nn(C)c(=O)c4ccccc34)nc2c1. The average molecular weight is 420 g/mol. The summed E-state index contributed by atoms with van der Waals surface area (Å²) in [5, 5.41) is 4.97. The van der Waals surface area contributed by atoms with Crippen molar-refractivity contribution in [1.29, 1.82) is 0 Å².